The normalized spacial score (nSPS) is 17.7. The van der Waals surface area contributed by atoms with E-state index in [0.29, 0.717) is 28.3 Å². The first-order valence-corrected chi connectivity index (χ1v) is 7.95. The Bertz CT molecular complexity index is 472. The van der Waals surface area contributed by atoms with E-state index in [9.17, 15) is 4.79 Å². The molecule has 1 aliphatic rings. The minimum absolute atomic E-state index is 0.0759. The summed E-state index contributed by atoms with van der Waals surface area (Å²) in [6.45, 7) is 5.11. The average Bonchev–Trinajstić information content (AvgIpc) is 2.48. The summed E-state index contributed by atoms with van der Waals surface area (Å²) in [6, 6.07) is 5.72. The summed E-state index contributed by atoms with van der Waals surface area (Å²) < 4.78 is 0.670. The van der Waals surface area contributed by atoms with Gasteiger partial charge in [0.1, 0.15) is 0 Å². The first-order valence-electron chi connectivity index (χ1n) is 7.16. The summed E-state index contributed by atoms with van der Waals surface area (Å²) in [6.07, 6.45) is 3.85. The first kappa shape index (κ1) is 15.3. The Hall–Kier alpha value is -1.07. The number of nitrogens with two attached hydrogens (primary N) is 1. The molecule has 1 aromatic carbocycles. The van der Waals surface area contributed by atoms with Crippen LogP contribution in [0.1, 0.15) is 36.5 Å². The molecule has 1 fully saturated rings. The number of nitrogen functional groups attached to an aromatic ring is 1. The number of nitrogens with one attached hydrogen (secondary N) is 1. The summed E-state index contributed by atoms with van der Waals surface area (Å²) in [5.74, 6) is -0.0759. The van der Waals surface area contributed by atoms with E-state index >= 15 is 0 Å². The smallest absolute Gasteiger partial charge is 0.252 e. The summed E-state index contributed by atoms with van der Waals surface area (Å²) in [5, 5.41) is 3.00. The number of anilines is 1. The number of nitrogens with zero attached hydrogens (tertiary/aromatic N) is 1. The van der Waals surface area contributed by atoms with Crippen molar-refractivity contribution in [2.75, 3.05) is 25.4 Å². The van der Waals surface area contributed by atoms with E-state index in [0.717, 1.165) is 13.1 Å². The molecule has 20 heavy (non-hydrogen) atoms. The quantitative estimate of drug-likeness (QED) is 0.829. The van der Waals surface area contributed by atoms with Gasteiger partial charge in [0.25, 0.3) is 5.91 Å². The fraction of sp³-hybridized carbons (Fsp3) is 0.533. The zero-order chi connectivity index (χ0) is 14.5. The van der Waals surface area contributed by atoms with Gasteiger partial charge in [0.2, 0.25) is 0 Å². The number of benzene rings is 1. The van der Waals surface area contributed by atoms with E-state index in [1.165, 1.54) is 19.3 Å². The number of hydrogen-bond donors (Lipinski definition) is 2. The maximum atomic E-state index is 12.2. The third-order valence-corrected chi connectivity index (χ3v) is 4.73. The monoisotopic (exact) mass is 339 g/mol. The van der Waals surface area contributed by atoms with Crippen LogP contribution >= 0.6 is 15.9 Å². The highest BCUT2D eigenvalue weighted by molar-refractivity contribution is 9.10. The molecule has 0 aromatic heterocycles. The van der Waals surface area contributed by atoms with Crippen LogP contribution in [-0.4, -0.2) is 36.5 Å². The third-order valence-electron chi connectivity index (χ3n) is 3.85. The Balaban J connectivity index is 1.89. The van der Waals surface area contributed by atoms with Gasteiger partial charge in [-0.2, -0.15) is 0 Å². The number of likely N-dealkylation sites (tertiary alicyclic amines) is 1. The number of hydrogen-bond acceptors (Lipinski definition) is 3. The zero-order valence-corrected chi connectivity index (χ0v) is 13.4. The van der Waals surface area contributed by atoms with Crippen LogP contribution in [0, 0.1) is 0 Å². The minimum atomic E-state index is -0.0759. The van der Waals surface area contributed by atoms with Crippen molar-refractivity contribution in [3.8, 4) is 0 Å². The molecule has 1 atom stereocenters. The van der Waals surface area contributed by atoms with Crippen LogP contribution in [0.25, 0.3) is 0 Å². The summed E-state index contributed by atoms with van der Waals surface area (Å²) >= 11 is 3.37. The second-order valence-electron chi connectivity index (χ2n) is 5.36. The zero-order valence-electron chi connectivity index (χ0n) is 11.9. The highest BCUT2D eigenvalue weighted by Crippen LogP contribution is 2.23. The Labute approximate surface area is 128 Å². The molecule has 3 N–H and O–H groups in total. The van der Waals surface area contributed by atoms with Gasteiger partial charge in [0, 0.05) is 18.3 Å². The molecular formula is C15H22BrN3O. The van der Waals surface area contributed by atoms with Gasteiger partial charge in [0.05, 0.1) is 10.0 Å². The molecule has 1 unspecified atom stereocenters. The number of halogens is 1. The van der Waals surface area contributed by atoms with Crippen LogP contribution < -0.4 is 11.1 Å². The maximum Gasteiger partial charge on any atom is 0.252 e. The molecule has 110 valence electrons. The second kappa shape index (κ2) is 7.09. The van der Waals surface area contributed by atoms with E-state index in [-0.39, 0.29) is 5.91 Å². The van der Waals surface area contributed by atoms with Gasteiger partial charge in [-0.3, -0.25) is 9.69 Å². The molecule has 2 rings (SSSR count). The number of rotatable bonds is 4. The maximum absolute atomic E-state index is 12.2. The predicted octanol–water partition coefficient (Wildman–Crippen LogP) is 2.64. The molecule has 0 aliphatic carbocycles. The van der Waals surface area contributed by atoms with Crippen molar-refractivity contribution in [3.05, 3.63) is 28.2 Å². The Kier molecular flexibility index (Phi) is 5.43. The second-order valence-corrected chi connectivity index (χ2v) is 6.16. The third kappa shape index (κ3) is 3.73. The summed E-state index contributed by atoms with van der Waals surface area (Å²) in [7, 11) is 0. The molecular weight excluding hydrogens is 318 g/mol. The molecule has 5 heteroatoms. The predicted molar refractivity (Wildman–Crippen MR) is 85.8 cm³/mol. The van der Waals surface area contributed by atoms with Crippen molar-refractivity contribution < 1.29 is 4.79 Å². The van der Waals surface area contributed by atoms with Gasteiger partial charge in [-0.05, 0) is 60.9 Å². The van der Waals surface area contributed by atoms with Crippen molar-refractivity contribution in [3.63, 3.8) is 0 Å². The van der Waals surface area contributed by atoms with Crippen molar-refractivity contribution in [2.24, 2.45) is 0 Å². The Morgan fingerprint density at radius 2 is 2.10 bits per heavy atom. The topological polar surface area (TPSA) is 58.4 Å². The molecule has 4 nitrogen and oxygen atoms in total. The van der Waals surface area contributed by atoms with Crippen molar-refractivity contribution in [1.29, 1.82) is 0 Å². The van der Waals surface area contributed by atoms with Crippen molar-refractivity contribution in [1.82, 2.24) is 10.2 Å². The highest BCUT2D eigenvalue weighted by atomic mass is 79.9. The molecule has 0 saturated carbocycles. The van der Waals surface area contributed by atoms with Crippen LogP contribution in [0.3, 0.4) is 0 Å². The average molecular weight is 340 g/mol. The fourth-order valence-corrected chi connectivity index (χ4v) is 2.99. The number of carbonyl (C=O) groups excluding carboxylic acids is 1. The molecule has 1 heterocycles. The molecule has 1 aromatic rings. The first-order chi connectivity index (χ1) is 9.59. The van der Waals surface area contributed by atoms with Gasteiger partial charge >= 0.3 is 0 Å². The lowest BCUT2D eigenvalue weighted by atomic mass is 10.1. The standard InChI is InChI=1S/C15H22BrN3O/c1-11(19-8-3-2-4-9-19)10-18-15(20)12-6-5-7-13(17)14(12)16/h5-7,11H,2-4,8-10,17H2,1H3,(H,18,20). The Morgan fingerprint density at radius 3 is 2.80 bits per heavy atom. The van der Waals surface area contributed by atoms with Gasteiger partial charge in [-0.25, -0.2) is 0 Å². The van der Waals surface area contributed by atoms with Gasteiger partial charge in [-0.15, -0.1) is 0 Å². The van der Waals surface area contributed by atoms with E-state index in [2.05, 4.69) is 33.1 Å². The Morgan fingerprint density at radius 1 is 1.40 bits per heavy atom. The largest absolute Gasteiger partial charge is 0.398 e. The number of carbonyl (C=O) groups is 1. The van der Waals surface area contributed by atoms with Crippen LogP contribution in [0.2, 0.25) is 0 Å². The molecule has 0 radical (unpaired) electrons. The van der Waals surface area contributed by atoms with E-state index in [4.69, 9.17) is 5.73 Å². The van der Waals surface area contributed by atoms with E-state index in [1.807, 2.05) is 0 Å². The molecule has 1 aliphatic heterocycles. The van der Waals surface area contributed by atoms with Gasteiger partial charge < -0.3 is 11.1 Å². The number of piperidine rings is 1. The van der Waals surface area contributed by atoms with Crippen molar-refractivity contribution >= 4 is 27.5 Å². The number of amides is 1. The highest BCUT2D eigenvalue weighted by Gasteiger charge is 2.18. The van der Waals surface area contributed by atoms with Gasteiger partial charge in [0.15, 0.2) is 0 Å². The van der Waals surface area contributed by atoms with Gasteiger partial charge in [-0.1, -0.05) is 12.5 Å². The van der Waals surface area contributed by atoms with E-state index < -0.39 is 0 Å². The van der Waals surface area contributed by atoms with Crippen LogP contribution in [0.15, 0.2) is 22.7 Å². The molecule has 1 amide bonds. The van der Waals surface area contributed by atoms with Crippen LogP contribution in [-0.2, 0) is 0 Å². The molecule has 0 bridgehead atoms. The lowest BCUT2D eigenvalue weighted by molar-refractivity contribution is 0.0929. The lowest BCUT2D eigenvalue weighted by Crippen LogP contribution is -2.44. The fourth-order valence-electron chi connectivity index (χ4n) is 2.55. The van der Waals surface area contributed by atoms with Crippen LogP contribution in [0.4, 0.5) is 5.69 Å². The molecule has 0 spiro atoms. The summed E-state index contributed by atoms with van der Waals surface area (Å²) in [4.78, 5) is 14.6. The SMILES string of the molecule is CC(CNC(=O)c1cccc(N)c1Br)N1CCCCC1. The molecule has 1 saturated heterocycles. The minimum Gasteiger partial charge on any atom is -0.398 e. The van der Waals surface area contributed by atoms with E-state index in [1.54, 1.807) is 18.2 Å². The summed E-state index contributed by atoms with van der Waals surface area (Å²) in [5.41, 5.74) is 6.97. The lowest BCUT2D eigenvalue weighted by Gasteiger charge is -2.32. The van der Waals surface area contributed by atoms with Crippen LogP contribution in [0.5, 0.6) is 0 Å². The van der Waals surface area contributed by atoms with Crippen molar-refractivity contribution in [2.45, 2.75) is 32.2 Å².